The maximum atomic E-state index is 12.0. The van der Waals surface area contributed by atoms with Crippen molar-refractivity contribution in [2.45, 2.75) is 12.1 Å². The van der Waals surface area contributed by atoms with Crippen molar-refractivity contribution in [3.8, 4) is 11.3 Å². The van der Waals surface area contributed by atoms with Crippen LogP contribution in [-0.4, -0.2) is 26.6 Å². The highest BCUT2D eigenvalue weighted by atomic mass is 32.2. The van der Waals surface area contributed by atoms with Gasteiger partial charge in [-0.25, -0.2) is 4.98 Å². The zero-order chi connectivity index (χ0) is 16.1. The molecular formula is C17H16N4OS. The number of thioether (sulfide) groups is 1. The number of aromatic amines is 1. The number of benzene rings is 1. The number of carbonyl (C=O) groups is 1. The van der Waals surface area contributed by atoms with Crippen molar-refractivity contribution in [2.75, 3.05) is 11.1 Å². The molecule has 0 saturated carbocycles. The Morgan fingerprint density at radius 2 is 2.09 bits per heavy atom. The molecule has 0 aliphatic heterocycles. The summed E-state index contributed by atoms with van der Waals surface area (Å²) >= 11 is 1.37. The first-order chi connectivity index (χ1) is 11.2. The van der Waals surface area contributed by atoms with Crippen LogP contribution in [0.15, 0.2) is 60.1 Å². The van der Waals surface area contributed by atoms with Crippen molar-refractivity contribution in [3.05, 3.63) is 60.6 Å². The van der Waals surface area contributed by atoms with Gasteiger partial charge in [0.05, 0.1) is 17.6 Å². The molecule has 2 aromatic heterocycles. The number of aromatic nitrogens is 3. The summed E-state index contributed by atoms with van der Waals surface area (Å²) in [6, 6.07) is 11.6. The molecule has 0 spiro atoms. The standard InChI is InChI=1S/C17H16N4OS/c1-12-3-2-4-14(9-12)20-16(22)11-23-17-19-10-15(21-17)13-5-7-18-8-6-13/h2-10H,11H2,1H3,(H,19,21)(H,20,22). The lowest BCUT2D eigenvalue weighted by molar-refractivity contribution is -0.113. The van der Waals surface area contributed by atoms with Gasteiger partial charge >= 0.3 is 0 Å². The molecule has 0 aliphatic carbocycles. The minimum Gasteiger partial charge on any atom is -0.333 e. The van der Waals surface area contributed by atoms with Crippen LogP contribution in [-0.2, 0) is 4.79 Å². The molecule has 23 heavy (non-hydrogen) atoms. The van der Waals surface area contributed by atoms with E-state index >= 15 is 0 Å². The van der Waals surface area contributed by atoms with Crippen molar-refractivity contribution >= 4 is 23.4 Å². The van der Waals surface area contributed by atoms with Gasteiger partial charge < -0.3 is 10.3 Å². The zero-order valence-electron chi connectivity index (χ0n) is 12.6. The highest BCUT2D eigenvalue weighted by Crippen LogP contribution is 2.21. The van der Waals surface area contributed by atoms with Gasteiger partial charge in [-0.1, -0.05) is 23.9 Å². The molecule has 3 aromatic rings. The Labute approximate surface area is 138 Å². The first kappa shape index (κ1) is 15.3. The maximum absolute atomic E-state index is 12.0. The lowest BCUT2D eigenvalue weighted by atomic mass is 10.2. The van der Waals surface area contributed by atoms with Gasteiger partial charge in [0.15, 0.2) is 5.16 Å². The summed E-state index contributed by atoms with van der Waals surface area (Å²) in [6.45, 7) is 1.99. The predicted molar refractivity (Wildman–Crippen MR) is 92.4 cm³/mol. The van der Waals surface area contributed by atoms with E-state index in [2.05, 4.69) is 20.3 Å². The Morgan fingerprint density at radius 1 is 1.26 bits per heavy atom. The maximum Gasteiger partial charge on any atom is 0.234 e. The van der Waals surface area contributed by atoms with E-state index in [-0.39, 0.29) is 5.91 Å². The van der Waals surface area contributed by atoms with Gasteiger partial charge in [0.2, 0.25) is 5.91 Å². The number of anilines is 1. The number of nitrogens with one attached hydrogen (secondary N) is 2. The summed E-state index contributed by atoms with van der Waals surface area (Å²) in [6.07, 6.45) is 5.23. The number of hydrogen-bond acceptors (Lipinski definition) is 4. The molecule has 0 unspecified atom stereocenters. The van der Waals surface area contributed by atoms with Crippen LogP contribution < -0.4 is 5.32 Å². The van der Waals surface area contributed by atoms with Crippen LogP contribution in [0.4, 0.5) is 5.69 Å². The third-order valence-electron chi connectivity index (χ3n) is 3.19. The lowest BCUT2D eigenvalue weighted by Gasteiger charge is -2.05. The number of pyridine rings is 1. The molecular weight excluding hydrogens is 308 g/mol. The summed E-state index contributed by atoms with van der Waals surface area (Å²) < 4.78 is 0. The monoisotopic (exact) mass is 324 g/mol. The van der Waals surface area contributed by atoms with E-state index in [4.69, 9.17) is 0 Å². The van der Waals surface area contributed by atoms with E-state index in [1.807, 2.05) is 43.3 Å². The van der Waals surface area contributed by atoms with Gasteiger partial charge in [-0.15, -0.1) is 0 Å². The molecule has 0 aliphatic rings. The number of rotatable bonds is 5. The second-order valence-electron chi connectivity index (χ2n) is 5.04. The second-order valence-corrected chi connectivity index (χ2v) is 6.01. The SMILES string of the molecule is Cc1cccc(NC(=O)CSc2ncc(-c3ccncc3)[nH]2)c1. The van der Waals surface area contributed by atoms with Gasteiger partial charge in [0.1, 0.15) is 0 Å². The largest absolute Gasteiger partial charge is 0.333 e. The number of hydrogen-bond donors (Lipinski definition) is 2. The zero-order valence-corrected chi connectivity index (χ0v) is 13.4. The van der Waals surface area contributed by atoms with Crippen LogP contribution in [0.25, 0.3) is 11.3 Å². The molecule has 0 atom stereocenters. The fraction of sp³-hybridized carbons (Fsp3) is 0.118. The van der Waals surface area contributed by atoms with Gasteiger partial charge in [-0.05, 0) is 36.8 Å². The van der Waals surface area contributed by atoms with Gasteiger partial charge in [-0.2, -0.15) is 0 Å². The van der Waals surface area contributed by atoms with Crippen molar-refractivity contribution in [2.24, 2.45) is 0 Å². The molecule has 0 radical (unpaired) electrons. The molecule has 6 heteroatoms. The molecule has 2 heterocycles. The first-order valence-electron chi connectivity index (χ1n) is 7.15. The Kier molecular flexibility index (Phi) is 4.73. The first-order valence-corrected chi connectivity index (χ1v) is 8.14. The lowest BCUT2D eigenvalue weighted by Crippen LogP contribution is -2.14. The highest BCUT2D eigenvalue weighted by Gasteiger charge is 2.07. The fourth-order valence-corrected chi connectivity index (χ4v) is 2.76. The van der Waals surface area contributed by atoms with Crippen LogP contribution in [0.5, 0.6) is 0 Å². The quantitative estimate of drug-likeness (QED) is 0.705. The van der Waals surface area contributed by atoms with E-state index < -0.39 is 0 Å². The van der Waals surface area contributed by atoms with E-state index in [9.17, 15) is 4.79 Å². The van der Waals surface area contributed by atoms with E-state index in [0.29, 0.717) is 5.75 Å². The van der Waals surface area contributed by atoms with Gasteiger partial charge in [-0.3, -0.25) is 9.78 Å². The predicted octanol–water partition coefficient (Wildman–Crippen LogP) is 3.51. The average Bonchev–Trinajstić information content (AvgIpc) is 3.03. The molecule has 3 rings (SSSR count). The Morgan fingerprint density at radius 3 is 2.87 bits per heavy atom. The number of nitrogens with zero attached hydrogens (tertiary/aromatic N) is 2. The van der Waals surface area contributed by atoms with Crippen LogP contribution in [0.3, 0.4) is 0 Å². The number of carbonyl (C=O) groups excluding carboxylic acids is 1. The van der Waals surface area contributed by atoms with Gasteiger partial charge in [0, 0.05) is 23.6 Å². The third kappa shape index (κ3) is 4.20. The molecule has 0 saturated heterocycles. The van der Waals surface area contributed by atoms with Crippen LogP contribution >= 0.6 is 11.8 Å². The molecule has 5 nitrogen and oxygen atoms in total. The molecule has 1 amide bonds. The molecule has 0 bridgehead atoms. The van der Waals surface area contributed by atoms with Crippen molar-refractivity contribution in [1.29, 1.82) is 0 Å². The minimum atomic E-state index is -0.0533. The van der Waals surface area contributed by atoms with Crippen molar-refractivity contribution in [3.63, 3.8) is 0 Å². The number of aryl methyl sites for hydroxylation is 1. The second kappa shape index (κ2) is 7.11. The smallest absolute Gasteiger partial charge is 0.234 e. The van der Waals surface area contributed by atoms with Gasteiger partial charge in [0.25, 0.3) is 0 Å². The number of amides is 1. The number of H-pyrrole nitrogens is 1. The minimum absolute atomic E-state index is 0.0533. The van der Waals surface area contributed by atoms with Crippen LogP contribution in [0, 0.1) is 6.92 Å². The number of imidazole rings is 1. The molecule has 116 valence electrons. The summed E-state index contributed by atoms with van der Waals surface area (Å²) in [5.74, 6) is 0.250. The van der Waals surface area contributed by atoms with Crippen LogP contribution in [0.2, 0.25) is 0 Å². The summed E-state index contributed by atoms with van der Waals surface area (Å²) in [4.78, 5) is 23.5. The van der Waals surface area contributed by atoms with Crippen molar-refractivity contribution in [1.82, 2.24) is 15.0 Å². The Bertz CT molecular complexity index is 801. The van der Waals surface area contributed by atoms with Crippen LogP contribution in [0.1, 0.15) is 5.56 Å². The molecule has 2 N–H and O–H groups in total. The molecule has 1 aromatic carbocycles. The Hall–Kier alpha value is -2.60. The van der Waals surface area contributed by atoms with E-state index in [1.165, 1.54) is 11.8 Å². The summed E-state index contributed by atoms with van der Waals surface area (Å²) in [5.41, 5.74) is 3.86. The third-order valence-corrected chi connectivity index (χ3v) is 4.07. The fourth-order valence-electron chi connectivity index (χ4n) is 2.11. The Balaban J connectivity index is 1.56. The average molecular weight is 324 g/mol. The topological polar surface area (TPSA) is 70.7 Å². The summed E-state index contributed by atoms with van der Waals surface area (Å²) in [7, 11) is 0. The molecule has 0 fully saturated rings. The van der Waals surface area contributed by atoms with E-state index in [1.54, 1.807) is 18.6 Å². The van der Waals surface area contributed by atoms with Crippen molar-refractivity contribution < 1.29 is 4.79 Å². The van der Waals surface area contributed by atoms with E-state index in [0.717, 1.165) is 27.7 Å². The normalized spacial score (nSPS) is 10.5. The highest BCUT2D eigenvalue weighted by molar-refractivity contribution is 7.99. The summed E-state index contributed by atoms with van der Waals surface area (Å²) in [5, 5.41) is 3.60.